The quantitative estimate of drug-likeness (QED) is 0.635. The maximum Gasteiger partial charge on any atom is 0.257 e. The maximum atomic E-state index is 12.2. The van der Waals surface area contributed by atoms with Gasteiger partial charge in [-0.05, 0) is 24.4 Å². The molecule has 2 heterocycles. The van der Waals surface area contributed by atoms with E-state index >= 15 is 0 Å². The van der Waals surface area contributed by atoms with Gasteiger partial charge in [0, 0.05) is 11.0 Å². The number of nitrogens with zero attached hydrogens (tertiary/aromatic N) is 1. The first-order valence-corrected chi connectivity index (χ1v) is 6.54. The molecule has 2 atom stereocenters. The van der Waals surface area contributed by atoms with E-state index in [9.17, 15) is 4.79 Å². The molecule has 82 valence electrons. The number of benzene rings is 1. The lowest BCUT2D eigenvalue weighted by Gasteiger charge is -2.14. The van der Waals surface area contributed by atoms with Gasteiger partial charge in [-0.25, -0.2) is 0 Å². The number of amides is 1. The molecule has 16 heavy (non-hydrogen) atoms. The number of carbonyl (C=O) groups excluding carboxylic acids is 1. The van der Waals surface area contributed by atoms with Crippen molar-refractivity contribution in [3.05, 3.63) is 30.3 Å². The summed E-state index contributed by atoms with van der Waals surface area (Å²) >= 11 is 7.01. The number of thioether (sulfide) groups is 1. The minimum atomic E-state index is -0.127. The Morgan fingerprint density at radius 2 is 2.06 bits per heavy atom. The minimum Gasteiger partial charge on any atom is -0.349 e. The Hall–Kier alpha value is -1.07. The van der Waals surface area contributed by atoms with Crippen LogP contribution in [0.3, 0.4) is 0 Å². The summed E-state index contributed by atoms with van der Waals surface area (Å²) in [6.45, 7) is 0. The zero-order chi connectivity index (χ0) is 11.1. The van der Waals surface area contributed by atoms with E-state index in [0.717, 1.165) is 11.4 Å². The number of carbonyl (C=O) groups is 1. The fraction of sp³-hybridized carbons (Fsp3) is 0.273. The molecule has 5 heteroatoms. The topological polar surface area (TPSA) is 32.3 Å². The highest BCUT2D eigenvalue weighted by atomic mass is 32.2. The van der Waals surface area contributed by atoms with Crippen LogP contribution in [0.1, 0.15) is 0 Å². The van der Waals surface area contributed by atoms with E-state index in [1.807, 2.05) is 30.3 Å². The Labute approximate surface area is 103 Å². The molecule has 0 saturated carbocycles. The summed E-state index contributed by atoms with van der Waals surface area (Å²) in [5, 5.41) is 4.03. The molecule has 3 nitrogen and oxygen atoms in total. The van der Waals surface area contributed by atoms with Crippen LogP contribution >= 0.6 is 24.0 Å². The van der Waals surface area contributed by atoms with Crippen molar-refractivity contribution in [1.29, 1.82) is 0 Å². The Morgan fingerprint density at radius 1 is 1.38 bits per heavy atom. The van der Waals surface area contributed by atoms with E-state index in [0.29, 0.717) is 10.4 Å². The predicted molar refractivity (Wildman–Crippen MR) is 69.7 cm³/mol. The average Bonchev–Trinajstić information content (AvgIpc) is 3.07. The Balaban J connectivity index is 1.90. The molecule has 2 aliphatic rings. The van der Waals surface area contributed by atoms with Crippen molar-refractivity contribution in [3.63, 3.8) is 0 Å². The number of nitrogens with one attached hydrogen (secondary N) is 1. The van der Waals surface area contributed by atoms with Gasteiger partial charge < -0.3 is 5.32 Å². The van der Waals surface area contributed by atoms with Crippen LogP contribution < -0.4 is 10.2 Å². The first-order valence-electron chi connectivity index (χ1n) is 5.08. The lowest BCUT2D eigenvalue weighted by Crippen LogP contribution is -2.34. The molecule has 0 aromatic heterocycles. The van der Waals surface area contributed by atoms with Crippen molar-refractivity contribution < 1.29 is 4.79 Å². The number of anilines is 1. The molecular formula is C11H10N2OS2. The summed E-state index contributed by atoms with van der Waals surface area (Å²) in [6, 6.07) is 9.41. The molecule has 0 aliphatic carbocycles. The summed E-state index contributed by atoms with van der Waals surface area (Å²) in [5.41, 5.74) is 0.846. The maximum absolute atomic E-state index is 12.2. The van der Waals surface area contributed by atoms with Gasteiger partial charge in [-0.2, -0.15) is 11.8 Å². The summed E-state index contributed by atoms with van der Waals surface area (Å²) in [5.74, 6) is 1.13. The van der Waals surface area contributed by atoms with Crippen LogP contribution in [0, 0.1) is 0 Å². The highest BCUT2D eigenvalue weighted by Crippen LogP contribution is 2.36. The number of rotatable bonds is 2. The fourth-order valence-electron chi connectivity index (χ4n) is 1.82. The van der Waals surface area contributed by atoms with Gasteiger partial charge in [-0.1, -0.05) is 18.2 Å². The van der Waals surface area contributed by atoms with E-state index in [4.69, 9.17) is 12.2 Å². The second kappa shape index (κ2) is 3.75. The van der Waals surface area contributed by atoms with Crippen LogP contribution in [0.5, 0.6) is 0 Å². The van der Waals surface area contributed by atoms with Crippen molar-refractivity contribution in [2.24, 2.45) is 0 Å². The van der Waals surface area contributed by atoms with E-state index in [1.54, 1.807) is 16.7 Å². The van der Waals surface area contributed by atoms with Gasteiger partial charge in [0.25, 0.3) is 5.91 Å². The van der Waals surface area contributed by atoms with Crippen LogP contribution in [0.4, 0.5) is 5.69 Å². The number of hydrogen-bond donors (Lipinski definition) is 1. The summed E-state index contributed by atoms with van der Waals surface area (Å²) < 4.78 is 0. The number of hydrogen-bond acceptors (Lipinski definition) is 3. The van der Waals surface area contributed by atoms with Crippen molar-refractivity contribution >= 4 is 40.7 Å². The Kier molecular flexibility index (Phi) is 2.37. The fourth-order valence-corrected chi connectivity index (χ4v) is 2.82. The van der Waals surface area contributed by atoms with Crippen molar-refractivity contribution in [2.45, 2.75) is 11.3 Å². The molecule has 0 radical (unpaired) electrons. The molecule has 3 rings (SSSR count). The Morgan fingerprint density at radius 3 is 2.69 bits per heavy atom. The number of para-hydroxylation sites is 1. The van der Waals surface area contributed by atoms with Gasteiger partial charge >= 0.3 is 0 Å². The third-order valence-corrected chi connectivity index (χ3v) is 4.00. The lowest BCUT2D eigenvalue weighted by molar-refractivity contribution is -0.118. The Bertz CT molecular complexity index is 445. The molecular weight excluding hydrogens is 240 g/mol. The van der Waals surface area contributed by atoms with Gasteiger partial charge in [-0.15, -0.1) is 0 Å². The largest absolute Gasteiger partial charge is 0.349 e. The number of thiocarbonyl (C=S) groups is 1. The van der Waals surface area contributed by atoms with Gasteiger partial charge in [0.2, 0.25) is 0 Å². The van der Waals surface area contributed by atoms with Crippen LogP contribution in [-0.2, 0) is 4.79 Å². The third kappa shape index (κ3) is 1.60. The molecule has 2 saturated heterocycles. The van der Waals surface area contributed by atoms with Crippen LogP contribution in [0.15, 0.2) is 30.3 Å². The zero-order valence-electron chi connectivity index (χ0n) is 8.42. The van der Waals surface area contributed by atoms with E-state index < -0.39 is 0 Å². The first-order chi connectivity index (χ1) is 7.77. The second-order valence-corrected chi connectivity index (χ2v) is 5.47. The molecule has 1 aromatic carbocycles. The monoisotopic (exact) mass is 250 g/mol. The van der Waals surface area contributed by atoms with Gasteiger partial charge in [0.1, 0.15) is 6.04 Å². The summed E-state index contributed by atoms with van der Waals surface area (Å²) in [6.07, 6.45) is 0. The molecule has 0 bridgehead atoms. The SMILES string of the molecule is O=C1C(C2CS2)NC(=S)N1c1ccccc1. The summed E-state index contributed by atoms with van der Waals surface area (Å²) in [7, 11) is 0. The van der Waals surface area contributed by atoms with Gasteiger partial charge in [-0.3, -0.25) is 9.69 Å². The standard InChI is InChI=1S/C11H10N2OS2/c14-10-9(8-6-16-8)12-11(15)13(10)7-4-2-1-3-5-7/h1-5,8-9H,6H2,(H,12,15). The lowest BCUT2D eigenvalue weighted by atomic mass is 10.2. The molecule has 1 amide bonds. The van der Waals surface area contributed by atoms with Crippen molar-refractivity contribution in [3.8, 4) is 0 Å². The van der Waals surface area contributed by atoms with Crippen LogP contribution in [0.2, 0.25) is 0 Å². The van der Waals surface area contributed by atoms with Crippen molar-refractivity contribution in [1.82, 2.24) is 5.32 Å². The predicted octanol–water partition coefficient (Wildman–Crippen LogP) is 1.39. The molecule has 2 aliphatic heterocycles. The molecule has 2 fully saturated rings. The van der Waals surface area contributed by atoms with Crippen molar-refractivity contribution in [2.75, 3.05) is 10.7 Å². The highest BCUT2D eigenvalue weighted by molar-refractivity contribution is 8.07. The summed E-state index contributed by atoms with van der Waals surface area (Å²) in [4.78, 5) is 13.8. The third-order valence-electron chi connectivity index (χ3n) is 2.71. The zero-order valence-corrected chi connectivity index (χ0v) is 10.1. The average molecular weight is 250 g/mol. The van der Waals surface area contributed by atoms with Gasteiger partial charge in [0.15, 0.2) is 5.11 Å². The first kappa shape index (κ1) is 10.1. The normalized spacial score (nSPS) is 28.1. The second-order valence-electron chi connectivity index (χ2n) is 3.81. The molecule has 0 spiro atoms. The van der Waals surface area contributed by atoms with E-state index in [2.05, 4.69) is 5.32 Å². The van der Waals surface area contributed by atoms with Crippen LogP contribution in [0.25, 0.3) is 0 Å². The highest BCUT2D eigenvalue weighted by Gasteiger charge is 2.45. The minimum absolute atomic E-state index is 0.0752. The van der Waals surface area contributed by atoms with E-state index in [-0.39, 0.29) is 11.9 Å². The van der Waals surface area contributed by atoms with Crippen LogP contribution in [-0.4, -0.2) is 28.1 Å². The molecule has 1 aromatic rings. The van der Waals surface area contributed by atoms with E-state index in [1.165, 1.54) is 0 Å². The smallest absolute Gasteiger partial charge is 0.257 e. The molecule has 2 unspecified atom stereocenters. The molecule has 1 N–H and O–H groups in total. The van der Waals surface area contributed by atoms with Gasteiger partial charge in [0.05, 0.1) is 5.69 Å².